The van der Waals surface area contributed by atoms with Crippen LogP contribution in [-0.4, -0.2) is 43.5 Å². The summed E-state index contributed by atoms with van der Waals surface area (Å²) in [5, 5.41) is 13.0. The van der Waals surface area contributed by atoms with Gasteiger partial charge in [-0.05, 0) is 61.2 Å². The maximum atomic E-state index is 15.3. The summed E-state index contributed by atoms with van der Waals surface area (Å²) in [6.45, 7) is 7.19. The smallest absolute Gasteiger partial charge is 0.329 e. The Morgan fingerprint density at radius 1 is 1.23 bits per heavy atom. The summed E-state index contributed by atoms with van der Waals surface area (Å²) in [6.07, 6.45) is 0.738. The van der Waals surface area contributed by atoms with Gasteiger partial charge in [-0.2, -0.15) is 0 Å². The minimum atomic E-state index is -1.09. The SMILES string of the molecule is CCOCc1cc(NC2(C(=O)O)CCOCC2)ccc1-c1cc(C)c(C)c(OC)c1F. The first-order chi connectivity index (χ1) is 14.8. The highest BCUT2D eigenvalue weighted by atomic mass is 19.1. The van der Waals surface area contributed by atoms with E-state index in [-0.39, 0.29) is 12.4 Å². The van der Waals surface area contributed by atoms with Gasteiger partial charge in [0.25, 0.3) is 0 Å². The van der Waals surface area contributed by atoms with Gasteiger partial charge in [0.05, 0.1) is 13.7 Å². The Bertz CT molecular complexity index is 953. The molecule has 31 heavy (non-hydrogen) atoms. The van der Waals surface area contributed by atoms with Crippen LogP contribution in [0.1, 0.15) is 36.5 Å². The Morgan fingerprint density at radius 2 is 1.94 bits per heavy atom. The lowest BCUT2D eigenvalue weighted by Crippen LogP contribution is -2.50. The summed E-state index contributed by atoms with van der Waals surface area (Å²) in [4.78, 5) is 12.0. The standard InChI is InChI=1S/C24H30FNO5/c1-5-30-14-17-13-18(26-24(23(27)28)8-10-31-11-9-24)6-7-19(17)20-12-15(2)16(3)22(29-4)21(20)25/h6-7,12-13,26H,5,8-11,14H2,1-4H3,(H,27,28). The van der Waals surface area contributed by atoms with Crippen molar-refractivity contribution in [1.29, 1.82) is 0 Å². The molecule has 1 saturated heterocycles. The van der Waals surface area contributed by atoms with E-state index in [1.165, 1.54) is 7.11 Å². The van der Waals surface area contributed by atoms with Gasteiger partial charge < -0.3 is 24.6 Å². The highest BCUT2D eigenvalue weighted by Crippen LogP contribution is 2.37. The molecule has 0 radical (unpaired) electrons. The fraction of sp³-hybridized carbons (Fsp3) is 0.458. The molecular weight excluding hydrogens is 401 g/mol. The van der Waals surface area contributed by atoms with Gasteiger partial charge in [-0.15, -0.1) is 0 Å². The van der Waals surface area contributed by atoms with Crippen LogP contribution in [0.2, 0.25) is 0 Å². The lowest BCUT2D eigenvalue weighted by molar-refractivity contribution is -0.145. The molecule has 2 N–H and O–H groups in total. The molecule has 0 bridgehead atoms. The predicted octanol–water partition coefficient (Wildman–Crippen LogP) is 4.70. The summed E-state index contributed by atoms with van der Waals surface area (Å²) in [6, 6.07) is 7.23. The quantitative estimate of drug-likeness (QED) is 0.631. The molecular formula is C24H30FNO5. The average molecular weight is 432 g/mol. The van der Waals surface area contributed by atoms with E-state index in [0.29, 0.717) is 49.5 Å². The first-order valence-electron chi connectivity index (χ1n) is 10.5. The van der Waals surface area contributed by atoms with Crippen LogP contribution in [0, 0.1) is 19.7 Å². The summed E-state index contributed by atoms with van der Waals surface area (Å²) in [5.41, 5.74) is 3.13. The monoisotopic (exact) mass is 431 g/mol. The normalized spacial score (nSPS) is 15.5. The molecule has 0 amide bonds. The maximum absolute atomic E-state index is 15.3. The molecule has 0 unspecified atom stereocenters. The number of hydrogen-bond donors (Lipinski definition) is 2. The Balaban J connectivity index is 2.05. The second-order valence-corrected chi connectivity index (χ2v) is 7.85. The number of halogens is 1. The minimum Gasteiger partial charge on any atom is -0.493 e. The van der Waals surface area contributed by atoms with E-state index in [1.807, 2.05) is 32.9 Å². The molecule has 0 aromatic heterocycles. The van der Waals surface area contributed by atoms with Gasteiger partial charge in [0.15, 0.2) is 11.6 Å². The molecule has 2 aromatic carbocycles. The summed E-state index contributed by atoms with van der Waals surface area (Å²) in [7, 11) is 1.46. The molecule has 0 spiro atoms. The molecule has 1 aliphatic rings. The van der Waals surface area contributed by atoms with Crippen LogP contribution >= 0.6 is 0 Å². The highest BCUT2D eigenvalue weighted by Gasteiger charge is 2.40. The summed E-state index contributed by atoms with van der Waals surface area (Å²) >= 11 is 0. The van der Waals surface area contributed by atoms with Crippen LogP contribution in [-0.2, 0) is 20.9 Å². The zero-order valence-electron chi connectivity index (χ0n) is 18.5. The predicted molar refractivity (Wildman–Crippen MR) is 117 cm³/mol. The van der Waals surface area contributed by atoms with Crippen molar-refractivity contribution in [2.24, 2.45) is 0 Å². The van der Waals surface area contributed by atoms with Gasteiger partial charge in [-0.3, -0.25) is 0 Å². The lowest BCUT2D eigenvalue weighted by atomic mass is 9.89. The van der Waals surface area contributed by atoms with Crippen molar-refractivity contribution in [2.45, 2.75) is 45.8 Å². The number of carbonyl (C=O) groups is 1. The number of anilines is 1. The van der Waals surface area contributed by atoms with Crippen molar-refractivity contribution in [2.75, 3.05) is 32.2 Å². The number of aryl methyl sites for hydroxylation is 1. The summed E-state index contributed by atoms with van der Waals surface area (Å²) < 4.78 is 31.6. The zero-order valence-corrected chi connectivity index (χ0v) is 18.5. The number of rotatable bonds is 8. The van der Waals surface area contributed by atoms with Crippen LogP contribution in [0.3, 0.4) is 0 Å². The third-order valence-corrected chi connectivity index (χ3v) is 5.93. The molecule has 3 rings (SSSR count). The molecule has 6 nitrogen and oxygen atoms in total. The van der Waals surface area contributed by atoms with Gasteiger partial charge in [-0.1, -0.05) is 6.07 Å². The Morgan fingerprint density at radius 3 is 2.55 bits per heavy atom. The number of nitrogens with one attached hydrogen (secondary N) is 1. The number of aliphatic carboxylic acids is 1. The van der Waals surface area contributed by atoms with Gasteiger partial charge in [0.1, 0.15) is 5.54 Å². The van der Waals surface area contributed by atoms with E-state index in [0.717, 1.165) is 16.7 Å². The number of hydrogen-bond acceptors (Lipinski definition) is 5. The van der Waals surface area contributed by atoms with Crippen molar-refractivity contribution in [1.82, 2.24) is 0 Å². The van der Waals surface area contributed by atoms with Gasteiger partial charge in [0, 0.05) is 43.9 Å². The van der Waals surface area contributed by atoms with E-state index in [9.17, 15) is 9.90 Å². The molecule has 0 saturated carbocycles. The van der Waals surface area contributed by atoms with Crippen LogP contribution < -0.4 is 10.1 Å². The molecule has 168 valence electrons. The van der Waals surface area contributed by atoms with Crippen molar-refractivity contribution in [3.05, 3.63) is 46.8 Å². The highest BCUT2D eigenvalue weighted by molar-refractivity contribution is 5.83. The van der Waals surface area contributed by atoms with Crippen molar-refractivity contribution < 1.29 is 28.5 Å². The van der Waals surface area contributed by atoms with Crippen LogP contribution in [0.5, 0.6) is 5.75 Å². The van der Waals surface area contributed by atoms with E-state index in [4.69, 9.17) is 14.2 Å². The minimum absolute atomic E-state index is 0.228. The number of ether oxygens (including phenoxy) is 3. The fourth-order valence-corrected chi connectivity index (χ4v) is 3.95. The number of methoxy groups -OCH3 is 1. The average Bonchev–Trinajstić information content (AvgIpc) is 2.76. The molecule has 0 atom stereocenters. The third-order valence-electron chi connectivity index (χ3n) is 5.93. The van der Waals surface area contributed by atoms with Crippen molar-refractivity contribution in [3.8, 4) is 16.9 Å². The van der Waals surface area contributed by atoms with Crippen LogP contribution in [0.25, 0.3) is 11.1 Å². The zero-order chi connectivity index (χ0) is 22.6. The van der Waals surface area contributed by atoms with Crippen LogP contribution in [0.15, 0.2) is 24.3 Å². The van der Waals surface area contributed by atoms with Crippen molar-refractivity contribution >= 4 is 11.7 Å². The maximum Gasteiger partial charge on any atom is 0.329 e. The Hall–Kier alpha value is -2.64. The second kappa shape index (κ2) is 9.66. The molecule has 2 aromatic rings. The van der Waals surface area contributed by atoms with E-state index >= 15 is 4.39 Å². The molecule has 1 aliphatic heterocycles. The Kier molecular flexibility index (Phi) is 7.18. The fourth-order valence-electron chi connectivity index (χ4n) is 3.95. The first kappa shape index (κ1) is 23.0. The van der Waals surface area contributed by atoms with Gasteiger partial charge in [0.2, 0.25) is 0 Å². The van der Waals surface area contributed by atoms with Gasteiger partial charge >= 0.3 is 5.97 Å². The number of carboxylic acid groups (broad SMARTS) is 1. The molecule has 1 fully saturated rings. The first-order valence-corrected chi connectivity index (χ1v) is 10.5. The second-order valence-electron chi connectivity index (χ2n) is 7.85. The van der Waals surface area contributed by atoms with E-state index < -0.39 is 17.3 Å². The van der Waals surface area contributed by atoms with Gasteiger partial charge in [-0.25, -0.2) is 9.18 Å². The summed E-state index contributed by atoms with van der Waals surface area (Å²) in [5.74, 6) is -1.10. The topological polar surface area (TPSA) is 77.0 Å². The molecule has 0 aliphatic carbocycles. The lowest BCUT2D eigenvalue weighted by Gasteiger charge is -2.35. The van der Waals surface area contributed by atoms with Crippen LogP contribution in [0.4, 0.5) is 10.1 Å². The molecule has 1 heterocycles. The largest absolute Gasteiger partial charge is 0.493 e. The number of benzene rings is 2. The van der Waals surface area contributed by atoms with E-state index in [2.05, 4.69) is 5.32 Å². The van der Waals surface area contributed by atoms with Crippen molar-refractivity contribution in [3.63, 3.8) is 0 Å². The third kappa shape index (κ3) is 4.67. The molecule has 7 heteroatoms. The van der Waals surface area contributed by atoms with E-state index in [1.54, 1.807) is 12.1 Å². The Labute approximate surface area is 182 Å². The number of carboxylic acids is 1.